The maximum atomic E-state index is 13.9. The van der Waals surface area contributed by atoms with Crippen molar-refractivity contribution < 1.29 is 9.18 Å². The molecule has 1 aromatic rings. The highest BCUT2D eigenvalue weighted by Crippen LogP contribution is 2.33. The van der Waals surface area contributed by atoms with Gasteiger partial charge >= 0.3 is 0 Å². The molecule has 0 bridgehead atoms. The maximum Gasteiger partial charge on any atom is 0.246 e. The number of carbonyl (C=O) groups is 1. The van der Waals surface area contributed by atoms with Crippen molar-refractivity contribution in [2.24, 2.45) is 0 Å². The first kappa shape index (κ1) is 15.0. The van der Waals surface area contributed by atoms with Crippen LogP contribution in [-0.4, -0.2) is 29.9 Å². The van der Waals surface area contributed by atoms with E-state index in [0.717, 1.165) is 18.7 Å². The Hall–Kier alpha value is -1.41. The number of amides is 1. The molecule has 20 heavy (non-hydrogen) atoms. The van der Waals surface area contributed by atoms with Gasteiger partial charge in [-0.25, -0.2) is 4.39 Å². The smallest absolute Gasteiger partial charge is 0.246 e. The number of halogens is 1. The minimum atomic E-state index is -1.43. The third kappa shape index (κ3) is 3.57. The maximum absolute atomic E-state index is 13.9. The van der Waals surface area contributed by atoms with Crippen molar-refractivity contribution in [3.8, 4) is 0 Å². The number of likely N-dealkylation sites (tertiary alicyclic amines) is 1. The highest BCUT2D eigenvalue weighted by Gasteiger charge is 2.25. The zero-order valence-electron chi connectivity index (χ0n) is 11.6. The van der Waals surface area contributed by atoms with Crippen LogP contribution in [0.25, 0.3) is 0 Å². The summed E-state index contributed by atoms with van der Waals surface area (Å²) in [6.07, 6.45) is 2.23. The van der Waals surface area contributed by atoms with Crippen LogP contribution in [-0.2, 0) is 10.2 Å². The average molecular weight is 294 g/mol. The van der Waals surface area contributed by atoms with Crippen molar-refractivity contribution in [1.82, 2.24) is 4.90 Å². The van der Waals surface area contributed by atoms with Crippen LogP contribution >= 0.6 is 9.24 Å². The van der Waals surface area contributed by atoms with Gasteiger partial charge in [-0.05, 0) is 37.1 Å². The number of alkyl halides is 1. The van der Waals surface area contributed by atoms with E-state index in [4.69, 9.17) is 0 Å². The van der Waals surface area contributed by atoms with Gasteiger partial charge in [-0.1, -0.05) is 28.0 Å². The van der Waals surface area contributed by atoms with Crippen LogP contribution in [0.4, 0.5) is 10.1 Å². The number of rotatable bonds is 4. The van der Waals surface area contributed by atoms with Gasteiger partial charge < -0.3 is 10.2 Å². The highest BCUT2D eigenvalue weighted by molar-refractivity contribution is 7.18. The zero-order chi connectivity index (χ0) is 14.8. The standard InChI is InChI=1S/C15H20FN2OP/c1-3-14(19)18-8-7-13(10-18)17-12-6-4-5-11(9-12)15(2,16)20/h3-6,9,13,17H,1,7-8,10,20H2,2H3. The SMILES string of the molecule is C=CC(=O)N1CCC(Nc2cccc(C(C)(F)P)c2)C1. The summed E-state index contributed by atoms with van der Waals surface area (Å²) in [5.41, 5.74) is 1.50. The Labute approximate surface area is 121 Å². The number of nitrogens with one attached hydrogen (secondary N) is 1. The summed E-state index contributed by atoms with van der Waals surface area (Å²) in [7, 11) is 2.20. The van der Waals surface area contributed by atoms with E-state index in [0.29, 0.717) is 12.1 Å². The van der Waals surface area contributed by atoms with Gasteiger partial charge in [0, 0.05) is 24.8 Å². The fraction of sp³-hybridized carbons (Fsp3) is 0.400. The Balaban J connectivity index is 2.01. The highest BCUT2D eigenvalue weighted by atomic mass is 31.0. The van der Waals surface area contributed by atoms with Crippen molar-refractivity contribution in [3.05, 3.63) is 42.5 Å². The predicted octanol–water partition coefficient (Wildman–Crippen LogP) is 2.90. The van der Waals surface area contributed by atoms with Gasteiger partial charge in [-0.3, -0.25) is 4.79 Å². The lowest BCUT2D eigenvalue weighted by Crippen LogP contribution is -2.30. The Kier molecular flexibility index (Phi) is 4.44. The van der Waals surface area contributed by atoms with E-state index in [1.54, 1.807) is 11.0 Å². The second-order valence-corrected chi connectivity index (χ2v) is 6.36. The van der Waals surface area contributed by atoms with Crippen molar-refractivity contribution >= 4 is 20.8 Å². The van der Waals surface area contributed by atoms with Crippen molar-refractivity contribution in [2.45, 2.75) is 24.8 Å². The molecule has 1 aliphatic rings. The molecule has 1 amide bonds. The summed E-state index contributed by atoms with van der Waals surface area (Å²) >= 11 is 0. The second-order valence-electron chi connectivity index (χ2n) is 5.27. The van der Waals surface area contributed by atoms with E-state index in [1.165, 1.54) is 13.0 Å². The first-order chi connectivity index (χ1) is 9.40. The van der Waals surface area contributed by atoms with Gasteiger partial charge in [0.1, 0.15) is 5.41 Å². The second kappa shape index (κ2) is 5.92. The fourth-order valence-electron chi connectivity index (χ4n) is 2.36. The first-order valence-corrected chi connectivity index (χ1v) is 7.24. The largest absolute Gasteiger partial charge is 0.380 e. The lowest BCUT2D eigenvalue weighted by atomic mass is 10.1. The molecule has 5 heteroatoms. The van der Waals surface area contributed by atoms with Crippen LogP contribution in [0.1, 0.15) is 18.9 Å². The lowest BCUT2D eigenvalue weighted by Gasteiger charge is -2.19. The molecule has 1 saturated heterocycles. The normalized spacial score (nSPS) is 21.4. The summed E-state index contributed by atoms with van der Waals surface area (Å²) in [6, 6.07) is 7.52. The summed E-state index contributed by atoms with van der Waals surface area (Å²) < 4.78 is 13.9. The molecule has 1 N–H and O–H groups in total. The van der Waals surface area contributed by atoms with Crippen LogP contribution in [0.15, 0.2) is 36.9 Å². The Morgan fingerprint density at radius 2 is 2.40 bits per heavy atom. The molecule has 0 spiro atoms. The molecule has 0 aliphatic carbocycles. The minimum absolute atomic E-state index is 0.0376. The summed E-state index contributed by atoms with van der Waals surface area (Å²) in [5.74, 6) is -0.0376. The molecule has 0 saturated carbocycles. The molecule has 1 fully saturated rings. The predicted molar refractivity (Wildman–Crippen MR) is 83.4 cm³/mol. The summed E-state index contributed by atoms with van der Waals surface area (Å²) in [6.45, 7) is 6.39. The molecule has 0 aromatic heterocycles. The molecular weight excluding hydrogens is 274 g/mol. The topological polar surface area (TPSA) is 32.3 Å². The Morgan fingerprint density at radius 1 is 1.65 bits per heavy atom. The van der Waals surface area contributed by atoms with Crippen LogP contribution in [0, 0.1) is 0 Å². The molecule has 2 rings (SSSR count). The zero-order valence-corrected chi connectivity index (χ0v) is 12.8. The van der Waals surface area contributed by atoms with E-state index in [9.17, 15) is 9.18 Å². The Morgan fingerprint density at radius 3 is 3.05 bits per heavy atom. The Bertz CT molecular complexity index is 513. The van der Waals surface area contributed by atoms with Gasteiger partial charge in [0.15, 0.2) is 0 Å². The molecule has 1 aliphatic heterocycles. The van der Waals surface area contributed by atoms with Gasteiger partial charge in [-0.15, -0.1) is 0 Å². The van der Waals surface area contributed by atoms with Gasteiger partial charge in [0.05, 0.1) is 0 Å². The van der Waals surface area contributed by atoms with Gasteiger partial charge in [-0.2, -0.15) is 0 Å². The van der Waals surface area contributed by atoms with Gasteiger partial charge in [0.2, 0.25) is 5.91 Å². The molecular formula is C15H20FN2OP. The molecule has 1 heterocycles. The molecule has 1 aromatic carbocycles. The number of anilines is 1. The minimum Gasteiger partial charge on any atom is -0.380 e. The lowest BCUT2D eigenvalue weighted by molar-refractivity contribution is -0.125. The van der Waals surface area contributed by atoms with Crippen LogP contribution in [0.5, 0.6) is 0 Å². The quantitative estimate of drug-likeness (QED) is 0.684. The van der Waals surface area contributed by atoms with Crippen LogP contribution in [0.3, 0.4) is 0 Å². The van der Waals surface area contributed by atoms with Crippen molar-refractivity contribution in [1.29, 1.82) is 0 Å². The number of hydrogen-bond acceptors (Lipinski definition) is 2. The summed E-state index contributed by atoms with van der Waals surface area (Å²) in [5, 5.41) is 1.93. The van der Waals surface area contributed by atoms with E-state index in [1.807, 2.05) is 18.2 Å². The van der Waals surface area contributed by atoms with E-state index < -0.39 is 5.41 Å². The van der Waals surface area contributed by atoms with Crippen LogP contribution < -0.4 is 5.32 Å². The number of nitrogens with zero attached hydrogens (tertiary/aromatic N) is 1. The molecule has 3 nitrogen and oxygen atoms in total. The first-order valence-electron chi connectivity index (χ1n) is 6.66. The molecule has 0 radical (unpaired) electrons. The van der Waals surface area contributed by atoms with E-state index in [2.05, 4.69) is 21.1 Å². The fourth-order valence-corrected chi connectivity index (χ4v) is 2.54. The number of hydrogen-bond donors (Lipinski definition) is 1. The van der Waals surface area contributed by atoms with Crippen molar-refractivity contribution in [3.63, 3.8) is 0 Å². The third-order valence-corrected chi connectivity index (χ3v) is 3.81. The van der Waals surface area contributed by atoms with Crippen molar-refractivity contribution in [2.75, 3.05) is 18.4 Å². The number of benzene rings is 1. The van der Waals surface area contributed by atoms with Gasteiger partial charge in [0.25, 0.3) is 0 Å². The van der Waals surface area contributed by atoms with Crippen LogP contribution in [0.2, 0.25) is 0 Å². The molecule has 108 valence electrons. The molecule has 3 atom stereocenters. The monoisotopic (exact) mass is 294 g/mol. The summed E-state index contributed by atoms with van der Waals surface area (Å²) in [4.78, 5) is 13.3. The number of carbonyl (C=O) groups excluding carboxylic acids is 1. The van der Waals surface area contributed by atoms with E-state index in [-0.39, 0.29) is 11.9 Å². The average Bonchev–Trinajstić information content (AvgIpc) is 2.85. The molecule has 3 unspecified atom stereocenters. The van der Waals surface area contributed by atoms with E-state index >= 15 is 0 Å². The third-order valence-electron chi connectivity index (χ3n) is 3.47.